The number of para-hydroxylation sites is 2. The SMILES string of the molecule is CCCCCCC1(CCCCCC)c2cc(-c3cccs3)ccc2-c2c1c1c(c3c2C(CCCCCC)(CCCCCC)c2cc(-c4ccc(/C=C/c5ccc(N(c6ccccc6)c6ccccc6)cc5)s4)ccc2-3)C(CCCCCC)(CCCCCC)c2cc(-c3ccc(C=O)s3)ccc2-1. The Morgan fingerprint density at radius 2 is 0.683 bits per heavy atom. The Bertz CT molecular complexity index is 4290. The molecule has 0 bridgehead atoms. The second-order valence-corrected chi connectivity index (χ2v) is 33.3. The number of benzene rings is 7. The smallest absolute Gasteiger partial charge is 0.160 e. The van der Waals surface area contributed by atoms with Crippen LogP contribution < -0.4 is 4.90 Å². The van der Waals surface area contributed by atoms with Crippen LogP contribution in [-0.2, 0) is 16.2 Å². The first-order chi connectivity index (χ1) is 49.8. The van der Waals surface area contributed by atoms with E-state index in [-0.39, 0.29) is 16.2 Å². The maximum Gasteiger partial charge on any atom is 0.160 e. The van der Waals surface area contributed by atoms with Crippen LogP contribution in [0.15, 0.2) is 181 Å². The number of thiophene rings is 3. The summed E-state index contributed by atoms with van der Waals surface area (Å²) >= 11 is 5.52. The van der Waals surface area contributed by atoms with Crippen LogP contribution in [0, 0.1) is 0 Å². The molecule has 0 saturated carbocycles. The summed E-state index contributed by atoms with van der Waals surface area (Å²) in [6.07, 6.45) is 42.5. The van der Waals surface area contributed by atoms with Crippen molar-refractivity contribution in [1.29, 1.82) is 0 Å². The lowest BCUT2D eigenvalue weighted by Crippen LogP contribution is -2.31. The van der Waals surface area contributed by atoms with E-state index in [1.807, 2.05) is 22.7 Å². The van der Waals surface area contributed by atoms with Gasteiger partial charge < -0.3 is 4.90 Å². The molecule has 101 heavy (non-hydrogen) atoms. The van der Waals surface area contributed by atoms with E-state index < -0.39 is 0 Å². The summed E-state index contributed by atoms with van der Waals surface area (Å²) in [6.45, 7) is 14.4. The molecule has 0 saturated heterocycles. The lowest BCUT2D eigenvalue weighted by molar-refractivity contribution is 0.112. The summed E-state index contributed by atoms with van der Waals surface area (Å²) < 4.78 is 0. The molecule has 524 valence electrons. The van der Waals surface area contributed by atoms with Gasteiger partial charge in [-0.3, -0.25) is 4.79 Å². The monoisotopic (exact) mass is 1390 g/mol. The zero-order chi connectivity index (χ0) is 69.6. The molecule has 0 radical (unpaired) electrons. The van der Waals surface area contributed by atoms with Crippen LogP contribution in [0.25, 0.3) is 76.9 Å². The molecule has 7 aromatic carbocycles. The fourth-order valence-corrected chi connectivity index (χ4v) is 21.0. The maximum atomic E-state index is 12.5. The van der Waals surface area contributed by atoms with E-state index in [4.69, 9.17) is 0 Å². The number of anilines is 3. The molecule has 3 aliphatic carbocycles. The molecule has 13 rings (SSSR count). The van der Waals surface area contributed by atoms with Crippen molar-refractivity contribution in [3.63, 3.8) is 0 Å². The Balaban J connectivity index is 1.07. The molecular formula is C96H111NOS3. The minimum absolute atomic E-state index is 0.175. The summed E-state index contributed by atoms with van der Waals surface area (Å²) in [5.74, 6) is 0. The molecule has 3 heterocycles. The molecule has 0 fully saturated rings. The largest absolute Gasteiger partial charge is 0.311 e. The summed E-state index contributed by atoms with van der Waals surface area (Å²) in [7, 11) is 0. The number of fused-ring (bicyclic) bond motifs is 12. The predicted molar refractivity (Wildman–Crippen MR) is 443 cm³/mol. The van der Waals surface area contributed by atoms with Gasteiger partial charge in [-0.15, -0.1) is 34.0 Å². The first kappa shape index (κ1) is 72.2. The first-order valence-electron chi connectivity index (χ1n) is 39.9. The predicted octanol–water partition coefficient (Wildman–Crippen LogP) is 30.9. The highest BCUT2D eigenvalue weighted by Gasteiger charge is 2.58. The van der Waals surface area contributed by atoms with Gasteiger partial charge in [-0.1, -0.05) is 293 Å². The van der Waals surface area contributed by atoms with Gasteiger partial charge in [0, 0.05) is 52.8 Å². The third-order valence-electron chi connectivity index (χ3n) is 23.5. The average molecular weight is 1390 g/mol. The zero-order valence-corrected chi connectivity index (χ0v) is 64.3. The molecule has 0 unspecified atom stereocenters. The zero-order valence-electron chi connectivity index (χ0n) is 61.8. The number of hydrogen-bond acceptors (Lipinski definition) is 5. The fourth-order valence-electron chi connectivity index (χ4n) is 18.5. The third kappa shape index (κ3) is 14.8. The van der Waals surface area contributed by atoms with E-state index in [0.717, 1.165) is 53.9 Å². The van der Waals surface area contributed by atoms with Crippen molar-refractivity contribution in [2.45, 2.75) is 250 Å². The van der Waals surface area contributed by atoms with Crippen LogP contribution in [0.5, 0.6) is 0 Å². The van der Waals surface area contributed by atoms with Crippen LogP contribution in [0.4, 0.5) is 17.1 Å². The number of rotatable bonds is 39. The number of carbonyl (C=O) groups excluding carboxylic acids is 1. The van der Waals surface area contributed by atoms with Gasteiger partial charge in [0.1, 0.15) is 0 Å². The molecule has 0 spiro atoms. The minimum atomic E-state index is -0.214. The maximum absolute atomic E-state index is 12.5. The Hall–Kier alpha value is -7.15. The molecule has 3 aromatic heterocycles. The number of hydrogen-bond donors (Lipinski definition) is 0. The molecule has 5 heteroatoms. The van der Waals surface area contributed by atoms with E-state index in [1.54, 1.807) is 67.0 Å². The molecule has 0 N–H and O–H groups in total. The van der Waals surface area contributed by atoms with E-state index >= 15 is 0 Å². The van der Waals surface area contributed by atoms with E-state index in [1.165, 1.54) is 220 Å². The van der Waals surface area contributed by atoms with Crippen LogP contribution in [0.2, 0.25) is 0 Å². The summed E-state index contributed by atoms with van der Waals surface area (Å²) in [5.41, 5.74) is 27.5. The summed E-state index contributed by atoms with van der Waals surface area (Å²) in [5, 5.41) is 2.29. The molecule has 0 atom stereocenters. The number of aldehydes is 1. The van der Waals surface area contributed by atoms with Crippen molar-refractivity contribution in [2.24, 2.45) is 0 Å². The highest BCUT2D eigenvalue weighted by Crippen LogP contribution is 2.72. The van der Waals surface area contributed by atoms with Gasteiger partial charge in [0.25, 0.3) is 0 Å². The Kier molecular flexibility index (Phi) is 24.3. The molecule has 0 aliphatic heterocycles. The lowest BCUT2D eigenvalue weighted by atomic mass is 9.63. The second-order valence-electron chi connectivity index (χ2n) is 30.1. The van der Waals surface area contributed by atoms with Crippen LogP contribution in [0.1, 0.15) is 288 Å². The van der Waals surface area contributed by atoms with Crippen molar-refractivity contribution in [2.75, 3.05) is 4.90 Å². The van der Waals surface area contributed by atoms with Gasteiger partial charge in [-0.25, -0.2) is 0 Å². The van der Waals surface area contributed by atoms with Gasteiger partial charge in [0.15, 0.2) is 6.29 Å². The van der Waals surface area contributed by atoms with Crippen LogP contribution >= 0.6 is 34.0 Å². The highest BCUT2D eigenvalue weighted by atomic mass is 32.1. The van der Waals surface area contributed by atoms with E-state index in [0.29, 0.717) is 0 Å². The van der Waals surface area contributed by atoms with Crippen molar-refractivity contribution in [3.8, 4) is 64.7 Å². The summed E-state index contributed by atoms with van der Waals surface area (Å²) in [6, 6.07) is 68.1. The van der Waals surface area contributed by atoms with Crippen molar-refractivity contribution in [1.82, 2.24) is 0 Å². The Labute approximate surface area is 619 Å². The van der Waals surface area contributed by atoms with Crippen molar-refractivity contribution >= 4 is 69.5 Å². The normalized spacial score (nSPS) is 14.1. The average Bonchev–Trinajstić information content (AvgIpc) is 1.48. The van der Waals surface area contributed by atoms with Gasteiger partial charge >= 0.3 is 0 Å². The Morgan fingerprint density at radius 1 is 0.327 bits per heavy atom. The van der Waals surface area contributed by atoms with E-state index in [9.17, 15) is 4.79 Å². The highest BCUT2D eigenvalue weighted by molar-refractivity contribution is 7.17. The lowest BCUT2D eigenvalue weighted by Gasteiger charge is -2.40. The van der Waals surface area contributed by atoms with Crippen molar-refractivity contribution in [3.05, 3.63) is 230 Å². The molecule has 2 nitrogen and oxygen atoms in total. The number of unbranched alkanes of at least 4 members (excludes halogenated alkanes) is 18. The number of nitrogens with zero attached hydrogens (tertiary/aromatic N) is 1. The van der Waals surface area contributed by atoms with Gasteiger partial charge in [0.05, 0.1) is 4.88 Å². The summed E-state index contributed by atoms with van der Waals surface area (Å²) in [4.78, 5) is 20.9. The number of carbonyl (C=O) groups is 1. The molecule has 10 aromatic rings. The van der Waals surface area contributed by atoms with Gasteiger partial charge in [-0.05, 0) is 224 Å². The standard InChI is InChI=1S/C96H111NOS3/c1-7-13-19-31-59-94(60-32-20-14-8-2)82-66-71(85-42-37-65-99-85)46-54-79(82)88-91(94)89-81-56-48-73(87-58-53-78(69-98)101-87)68-84(81)96(63-35-23-17-11-5,64-36-24-18-12-6)93(89)90-80-55-47-72(67-83(80)95(92(88)90,61-33-21-15-9-3)62-34-22-16-10-4)86-57-52-77(100-86)51-45-70-43-49-76(50-44-70)97(74-38-27-25-28-39-74)75-40-29-26-30-41-75/h25-30,37-58,65-69H,7-24,31-36,59-64H2,1-6H3/b51-45+. The molecular weight excluding hydrogens is 1280 g/mol. The van der Waals surface area contributed by atoms with Gasteiger partial charge in [0.2, 0.25) is 0 Å². The second kappa shape index (κ2) is 34.0. The minimum Gasteiger partial charge on any atom is -0.311 e. The van der Waals surface area contributed by atoms with E-state index in [2.05, 4.69) is 240 Å². The third-order valence-corrected chi connectivity index (χ3v) is 26.5. The fraction of sp³-hybridized carbons (Fsp3) is 0.406. The van der Waals surface area contributed by atoms with Crippen molar-refractivity contribution < 1.29 is 4.79 Å². The van der Waals surface area contributed by atoms with Crippen LogP contribution in [-0.4, -0.2) is 6.29 Å². The topological polar surface area (TPSA) is 20.3 Å². The molecule has 3 aliphatic rings. The van der Waals surface area contributed by atoms with Crippen LogP contribution in [0.3, 0.4) is 0 Å². The quantitative estimate of drug-likeness (QED) is 0.0283. The Morgan fingerprint density at radius 3 is 1.03 bits per heavy atom. The van der Waals surface area contributed by atoms with Gasteiger partial charge in [-0.2, -0.15) is 0 Å². The molecule has 0 amide bonds. The first-order valence-corrected chi connectivity index (χ1v) is 42.4.